The largest absolute Gasteiger partial charge is 0.384 e. The van der Waals surface area contributed by atoms with Crippen LogP contribution in [-0.4, -0.2) is 20.2 Å². The molecule has 32 heavy (non-hydrogen) atoms. The van der Waals surface area contributed by atoms with Gasteiger partial charge in [-0.2, -0.15) is 0 Å². The summed E-state index contributed by atoms with van der Waals surface area (Å²) in [6, 6.07) is 21.0. The number of hydrogen-bond acceptors (Lipinski definition) is 4. The smallest absolute Gasteiger partial charge is 0.238 e. The highest BCUT2D eigenvalue weighted by atomic mass is 32.2. The molecule has 1 amide bonds. The van der Waals surface area contributed by atoms with Crippen molar-refractivity contribution in [3.05, 3.63) is 89.5 Å². The molecule has 0 fully saturated rings. The van der Waals surface area contributed by atoms with Crippen LogP contribution in [-0.2, 0) is 21.4 Å². The van der Waals surface area contributed by atoms with Crippen molar-refractivity contribution < 1.29 is 13.2 Å². The number of nitrogens with one attached hydrogen (secondary N) is 2. The van der Waals surface area contributed by atoms with Crippen molar-refractivity contribution in [2.75, 3.05) is 0 Å². The number of primary sulfonamides is 1. The van der Waals surface area contributed by atoms with E-state index >= 15 is 0 Å². The summed E-state index contributed by atoms with van der Waals surface area (Å²) >= 11 is 0. The van der Waals surface area contributed by atoms with Gasteiger partial charge in [0.2, 0.25) is 15.9 Å². The van der Waals surface area contributed by atoms with Crippen LogP contribution in [0.3, 0.4) is 0 Å². The predicted molar refractivity (Wildman–Crippen MR) is 126 cm³/mol. The molecule has 1 atom stereocenters. The number of amidine groups is 1. The van der Waals surface area contributed by atoms with Gasteiger partial charge in [0.1, 0.15) is 5.84 Å². The maximum absolute atomic E-state index is 12.8. The van der Waals surface area contributed by atoms with Gasteiger partial charge >= 0.3 is 0 Å². The lowest BCUT2D eigenvalue weighted by molar-refractivity contribution is -0.122. The molecule has 3 rings (SSSR count). The summed E-state index contributed by atoms with van der Waals surface area (Å²) in [6.07, 6.45) is 0.604. The molecule has 0 aliphatic rings. The Hall–Kier alpha value is -3.49. The molecule has 0 radical (unpaired) electrons. The van der Waals surface area contributed by atoms with Crippen LogP contribution in [0, 0.1) is 5.41 Å². The van der Waals surface area contributed by atoms with Gasteiger partial charge in [-0.15, -0.1) is 0 Å². The molecular formula is C24H26N4O3S. The van der Waals surface area contributed by atoms with Crippen molar-refractivity contribution in [1.29, 1.82) is 5.41 Å². The average Bonchev–Trinajstić information content (AvgIpc) is 2.78. The van der Waals surface area contributed by atoms with Gasteiger partial charge in [0.05, 0.1) is 10.8 Å². The molecule has 3 aromatic carbocycles. The summed E-state index contributed by atoms with van der Waals surface area (Å²) < 4.78 is 23.8. The Bertz CT molecular complexity index is 1240. The molecule has 8 heteroatoms. The fourth-order valence-corrected chi connectivity index (χ4v) is 4.34. The molecule has 3 aromatic rings. The third-order valence-corrected chi connectivity index (χ3v) is 6.22. The minimum atomic E-state index is -3.85. The number of nitrogen functional groups attached to an aromatic ring is 1. The van der Waals surface area contributed by atoms with Gasteiger partial charge in [-0.1, -0.05) is 67.6 Å². The minimum absolute atomic E-state index is 0.0197. The molecule has 0 aliphatic heterocycles. The van der Waals surface area contributed by atoms with E-state index in [2.05, 4.69) is 5.32 Å². The number of benzene rings is 3. The van der Waals surface area contributed by atoms with E-state index in [0.29, 0.717) is 29.7 Å². The lowest BCUT2D eigenvalue weighted by Crippen LogP contribution is -2.28. The Morgan fingerprint density at radius 1 is 1.03 bits per heavy atom. The summed E-state index contributed by atoms with van der Waals surface area (Å²) in [5.74, 6) is -0.486. The second-order valence-electron chi connectivity index (χ2n) is 7.46. The van der Waals surface area contributed by atoms with E-state index in [1.807, 2.05) is 25.1 Å². The number of amides is 1. The van der Waals surface area contributed by atoms with E-state index in [9.17, 15) is 13.2 Å². The van der Waals surface area contributed by atoms with E-state index in [4.69, 9.17) is 16.3 Å². The summed E-state index contributed by atoms with van der Waals surface area (Å²) in [5, 5.41) is 15.8. The summed E-state index contributed by atoms with van der Waals surface area (Å²) in [5.41, 5.74) is 9.05. The highest BCUT2D eigenvalue weighted by Crippen LogP contribution is 2.29. The lowest BCUT2D eigenvalue weighted by Gasteiger charge is -2.17. The minimum Gasteiger partial charge on any atom is -0.384 e. The van der Waals surface area contributed by atoms with Gasteiger partial charge in [-0.3, -0.25) is 10.2 Å². The maximum atomic E-state index is 12.8. The Morgan fingerprint density at radius 2 is 1.72 bits per heavy atom. The van der Waals surface area contributed by atoms with E-state index < -0.39 is 10.0 Å². The first-order valence-corrected chi connectivity index (χ1v) is 11.7. The number of rotatable bonds is 8. The zero-order valence-electron chi connectivity index (χ0n) is 17.7. The van der Waals surface area contributed by atoms with Crippen LogP contribution >= 0.6 is 0 Å². The average molecular weight is 451 g/mol. The molecule has 0 bridgehead atoms. The second kappa shape index (κ2) is 9.76. The molecule has 0 saturated heterocycles. The van der Waals surface area contributed by atoms with Crippen molar-refractivity contribution >= 4 is 21.8 Å². The molecule has 0 heterocycles. The van der Waals surface area contributed by atoms with E-state index in [1.165, 1.54) is 6.07 Å². The quantitative estimate of drug-likeness (QED) is 0.309. The van der Waals surface area contributed by atoms with Gasteiger partial charge in [0, 0.05) is 17.7 Å². The number of nitrogens with two attached hydrogens (primary N) is 2. The van der Waals surface area contributed by atoms with Gasteiger partial charge in [-0.05, 0) is 35.2 Å². The molecule has 7 nitrogen and oxygen atoms in total. The topological polar surface area (TPSA) is 139 Å². The monoisotopic (exact) mass is 450 g/mol. The first-order valence-electron chi connectivity index (χ1n) is 10.1. The van der Waals surface area contributed by atoms with Crippen molar-refractivity contribution in [1.82, 2.24) is 5.32 Å². The van der Waals surface area contributed by atoms with Gasteiger partial charge in [0.15, 0.2) is 0 Å². The maximum Gasteiger partial charge on any atom is 0.238 e. The number of carbonyl (C=O) groups excluding carboxylic acids is 1. The molecule has 0 spiro atoms. The first kappa shape index (κ1) is 23.2. The molecule has 0 saturated carbocycles. The van der Waals surface area contributed by atoms with Crippen molar-refractivity contribution in [3.63, 3.8) is 0 Å². The SMILES string of the molecule is CCC(C(=O)NCc1cccc(C(=N)N)c1)c1ccc(-c2ccccc2S(N)(=O)=O)cc1. The van der Waals surface area contributed by atoms with Crippen molar-refractivity contribution in [2.45, 2.75) is 30.7 Å². The Balaban J connectivity index is 1.76. The van der Waals surface area contributed by atoms with Crippen LogP contribution in [0.15, 0.2) is 77.7 Å². The molecular weight excluding hydrogens is 424 g/mol. The van der Waals surface area contributed by atoms with Crippen LogP contribution < -0.4 is 16.2 Å². The Morgan fingerprint density at radius 3 is 2.34 bits per heavy atom. The predicted octanol–water partition coefficient (Wildman–Crippen LogP) is 3.10. The van der Waals surface area contributed by atoms with Crippen LogP contribution in [0.2, 0.25) is 0 Å². The number of carbonyl (C=O) groups is 1. The van der Waals surface area contributed by atoms with E-state index in [-0.39, 0.29) is 22.6 Å². The standard InChI is InChI=1S/C24H26N4O3S/c1-2-20(24(29)28-15-16-6-5-7-19(14-16)23(25)26)17-10-12-18(13-11-17)21-8-3-4-9-22(21)32(27,30)31/h3-14,20H,2,15H2,1H3,(H3,25,26)(H,28,29)(H2,27,30,31). The van der Waals surface area contributed by atoms with Gasteiger partial charge in [0.25, 0.3) is 0 Å². The van der Waals surface area contributed by atoms with Crippen molar-refractivity contribution in [3.8, 4) is 11.1 Å². The van der Waals surface area contributed by atoms with Crippen LogP contribution in [0.5, 0.6) is 0 Å². The first-order chi connectivity index (χ1) is 15.2. The van der Waals surface area contributed by atoms with E-state index in [0.717, 1.165) is 11.1 Å². The molecule has 0 aliphatic carbocycles. The molecule has 1 unspecified atom stereocenters. The zero-order valence-corrected chi connectivity index (χ0v) is 18.5. The number of hydrogen-bond donors (Lipinski definition) is 4. The van der Waals surface area contributed by atoms with Crippen molar-refractivity contribution in [2.24, 2.45) is 10.9 Å². The van der Waals surface area contributed by atoms with E-state index in [1.54, 1.807) is 48.5 Å². The number of sulfonamides is 1. The second-order valence-corrected chi connectivity index (χ2v) is 8.99. The molecule has 0 aromatic heterocycles. The van der Waals surface area contributed by atoms with Gasteiger partial charge in [-0.25, -0.2) is 13.6 Å². The highest BCUT2D eigenvalue weighted by molar-refractivity contribution is 7.89. The third-order valence-electron chi connectivity index (χ3n) is 5.25. The zero-order chi connectivity index (χ0) is 23.3. The normalized spacial score (nSPS) is 12.2. The highest BCUT2D eigenvalue weighted by Gasteiger charge is 2.19. The Kier molecular flexibility index (Phi) is 7.07. The molecule has 166 valence electrons. The Labute approximate surface area is 188 Å². The lowest BCUT2D eigenvalue weighted by atomic mass is 9.93. The van der Waals surface area contributed by atoms with Gasteiger partial charge < -0.3 is 11.1 Å². The summed E-state index contributed by atoms with van der Waals surface area (Å²) in [6.45, 7) is 2.26. The van der Waals surface area contributed by atoms with Crippen LogP contribution in [0.4, 0.5) is 0 Å². The van der Waals surface area contributed by atoms with Crippen LogP contribution in [0.25, 0.3) is 11.1 Å². The van der Waals surface area contributed by atoms with Crippen LogP contribution in [0.1, 0.15) is 36.0 Å². The molecule has 6 N–H and O–H groups in total. The summed E-state index contributed by atoms with van der Waals surface area (Å²) in [7, 11) is -3.85. The third kappa shape index (κ3) is 5.40. The summed E-state index contributed by atoms with van der Waals surface area (Å²) in [4.78, 5) is 12.9. The fraction of sp³-hybridized carbons (Fsp3) is 0.167. The fourth-order valence-electron chi connectivity index (χ4n) is 3.58.